The van der Waals surface area contributed by atoms with Crippen LogP contribution in [-0.2, 0) is 0 Å². The third kappa shape index (κ3) is 2.26. The van der Waals surface area contributed by atoms with Crippen LogP contribution in [0.5, 0.6) is 0 Å². The van der Waals surface area contributed by atoms with Gasteiger partial charge >= 0.3 is 0 Å². The first-order chi connectivity index (χ1) is 9.58. The number of hydrogen-bond donors (Lipinski definition) is 1. The van der Waals surface area contributed by atoms with E-state index in [-0.39, 0.29) is 0 Å². The predicted octanol–water partition coefficient (Wildman–Crippen LogP) is 5.38. The van der Waals surface area contributed by atoms with E-state index in [1.807, 2.05) is 36.6 Å². The summed E-state index contributed by atoms with van der Waals surface area (Å²) < 4.78 is 6.14. The molecule has 0 aliphatic carbocycles. The Labute approximate surface area is 133 Å². The van der Waals surface area contributed by atoms with Crippen molar-refractivity contribution in [2.75, 3.05) is 5.73 Å². The molecule has 0 aliphatic rings. The molecule has 3 rings (SSSR count). The Hall–Kier alpha value is -1.30. The van der Waals surface area contributed by atoms with Crippen molar-refractivity contribution in [2.45, 2.75) is 6.92 Å². The molecule has 6 heteroatoms. The molecule has 3 aromatic rings. The molecule has 0 bridgehead atoms. The van der Waals surface area contributed by atoms with Gasteiger partial charge in [0.1, 0.15) is 5.69 Å². The number of benzene rings is 1. The van der Waals surface area contributed by atoms with Crippen LogP contribution < -0.4 is 5.73 Å². The van der Waals surface area contributed by atoms with E-state index in [2.05, 4.69) is 21.1 Å². The number of hydrogen-bond acceptors (Lipinski definition) is 4. The number of aromatic nitrogens is 1. The molecule has 0 radical (unpaired) electrons. The number of nitrogen functional groups attached to an aromatic ring is 1. The lowest BCUT2D eigenvalue weighted by atomic mass is 10.0. The second kappa shape index (κ2) is 5.24. The van der Waals surface area contributed by atoms with E-state index < -0.39 is 0 Å². The van der Waals surface area contributed by atoms with E-state index >= 15 is 0 Å². The zero-order chi connectivity index (χ0) is 14.3. The summed E-state index contributed by atoms with van der Waals surface area (Å²) in [5, 5.41) is 6.76. The van der Waals surface area contributed by atoms with Gasteiger partial charge in [0.05, 0.1) is 15.5 Å². The zero-order valence-electron chi connectivity index (χ0n) is 10.5. The first kappa shape index (κ1) is 13.7. The van der Waals surface area contributed by atoms with Gasteiger partial charge in [-0.05, 0) is 35.6 Å². The molecule has 0 aliphatic heterocycles. The summed E-state index contributed by atoms with van der Waals surface area (Å²) in [6.07, 6.45) is 0. The third-order valence-corrected chi connectivity index (χ3v) is 5.14. The summed E-state index contributed by atoms with van der Waals surface area (Å²) in [6, 6.07) is 7.83. The van der Waals surface area contributed by atoms with E-state index in [1.54, 1.807) is 0 Å². The topological polar surface area (TPSA) is 52.0 Å². The molecule has 2 aromatic heterocycles. The Morgan fingerprint density at radius 3 is 2.85 bits per heavy atom. The number of aryl methyl sites for hydroxylation is 1. The van der Waals surface area contributed by atoms with Crippen molar-refractivity contribution in [3.8, 4) is 21.7 Å². The molecular formula is C14H10BrClN2OS. The van der Waals surface area contributed by atoms with E-state index in [0.29, 0.717) is 16.6 Å². The molecule has 20 heavy (non-hydrogen) atoms. The molecule has 0 spiro atoms. The van der Waals surface area contributed by atoms with Gasteiger partial charge in [0.2, 0.25) is 5.88 Å². The quantitative estimate of drug-likeness (QED) is 0.660. The first-order valence-corrected chi connectivity index (χ1v) is 7.88. The minimum atomic E-state index is 0.292. The van der Waals surface area contributed by atoms with Crippen molar-refractivity contribution in [3.05, 3.63) is 44.7 Å². The maximum Gasteiger partial charge on any atom is 0.230 e. The zero-order valence-corrected chi connectivity index (χ0v) is 13.6. The summed E-state index contributed by atoms with van der Waals surface area (Å²) >= 11 is 11.3. The van der Waals surface area contributed by atoms with Crippen LogP contribution in [-0.4, -0.2) is 5.16 Å². The second-order valence-electron chi connectivity index (χ2n) is 4.34. The van der Waals surface area contributed by atoms with Crippen LogP contribution in [0, 0.1) is 6.92 Å². The number of thiophene rings is 1. The Morgan fingerprint density at radius 2 is 2.20 bits per heavy atom. The molecule has 0 amide bonds. The highest BCUT2D eigenvalue weighted by Crippen LogP contribution is 2.43. The summed E-state index contributed by atoms with van der Waals surface area (Å²) in [5.74, 6) is 0.292. The average molecular weight is 370 g/mol. The summed E-state index contributed by atoms with van der Waals surface area (Å²) in [6.45, 7) is 1.96. The first-order valence-electron chi connectivity index (χ1n) is 5.83. The SMILES string of the molecule is Cc1csc(-c2noc(N)c2-c2cccc(Br)c2)c1Cl. The monoisotopic (exact) mass is 368 g/mol. The van der Waals surface area contributed by atoms with Gasteiger partial charge in [-0.25, -0.2) is 0 Å². The molecule has 0 unspecified atom stereocenters. The average Bonchev–Trinajstić information content (AvgIpc) is 2.94. The number of halogens is 2. The molecule has 0 saturated carbocycles. The standard InChI is InChI=1S/C14H10BrClN2OS/c1-7-6-20-13(11(7)16)12-10(14(17)19-18-12)8-3-2-4-9(15)5-8/h2-6H,17H2,1H3. The van der Waals surface area contributed by atoms with Gasteiger partial charge in [-0.1, -0.05) is 44.8 Å². The molecule has 1 aromatic carbocycles. The number of nitrogens with zero attached hydrogens (tertiary/aromatic N) is 1. The predicted molar refractivity (Wildman–Crippen MR) is 87.1 cm³/mol. The fraction of sp³-hybridized carbons (Fsp3) is 0.0714. The minimum absolute atomic E-state index is 0.292. The van der Waals surface area contributed by atoms with Crippen molar-refractivity contribution >= 4 is 44.8 Å². The number of anilines is 1. The fourth-order valence-corrected chi connectivity index (χ4v) is 3.64. The van der Waals surface area contributed by atoms with E-state index in [0.717, 1.165) is 26.0 Å². The van der Waals surface area contributed by atoms with Crippen LogP contribution in [0.15, 0.2) is 38.6 Å². The van der Waals surface area contributed by atoms with Crippen LogP contribution in [0.1, 0.15) is 5.56 Å². The van der Waals surface area contributed by atoms with Crippen molar-refractivity contribution < 1.29 is 4.52 Å². The summed E-state index contributed by atoms with van der Waals surface area (Å²) in [7, 11) is 0. The molecule has 0 fully saturated rings. The lowest BCUT2D eigenvalue weighted by molar-refractivity contribution is 0.439. The lowest BCUT2D eigenvalue weighted by Gasteiger charge is -2.02. The lowest BCUT2D eigenvalue weighted by Crippen LogP contribution is -1.87. The summed E-state index contributed by atoms with van der Waals surface area (Å²) in [5.41, 5.74) is 9.35. The number of rotatable bonds is 2. The normalized spacial score (nSPS) is 10.9. The smallest absolute Gasteiger partial charge is 0.230 e. The Morgan fingerprint density at radius 1 is 1.40 bits per heavy atom. The fourth-order valence-electron chi connectivity index (χ4n) is 1.97. The van der Waals surface area contributed by atoms with E-state index in [9.17, 15) is 0 Å². The van der Waals surface area contributed by atoms with Gasteiger partial charge in [-0.2, -0.15) is 0 Å². The highest BCUT2D eigenvalue weighted by atomic mass is 79.9. The summed E-state index contributed by atoms with van der Waals surface area (Å²) in [4.78, 5) is 0.875. The molecule has 2 N–H and O–H groups in total. The second-order valence-corrected chi connectivity index (χ2v) is 6.52. The Kier molecular flexibility index (Phi) is 3.58. The van der Waals surface area contributed by atoms with Crippen molar-refractivity contribution in [1.82, 2.24) is 5.16 Å². The molecule has 102 valence electrons. The van der Waals surface area contributed by atoms with Crippen molar-refractivity contribution in [2.24, 2.45) is 0 Å². The minimum Gasteiger partial charge on any atom is -0.367 e. The van der Waals surface area contributed by atoms with E-state index in [1.165, 1.54) is 11.3 Å². The maximum absolute atomic E-state index is 6.32. The third-order valence-electron chi connectivity index (χ3n) is 2.95. The van der Waals surface area contributed by atoms with Crippen LogP contribution in [0.25, 0.3) is 21.7 Å². The molecule has 0 atom stereocenters. The van der Waals surface area contributed by atoms with Crippen LogP contribution in [0.4, 0.5) is 5.88 Å². The largest absolute Gasteiger partial charge is 0.367 e. The van der Waals surface area contributed by atoms with Gasteiger partial charge in [-0.15, -0.1) is 11.3 Å². The van der Waals surface area contributed by atoms with Gasteiger partial charge in [0.15, 0.2) is 0 Å². The van der Waals surface area contributed by atoms with Crippen molar-refractivity contribution in [3.63, 3.8) is 0 Å². The molecular weight excluding hydrogens is 360 g/mol. The van der Waals surface area contributed by atoms with Gasteiger partial charge in [-0.3, -0.25) is 0 Å². The van der Waals surface area contributed by atoms with Gasteiger partial charge in [0, 0.05) is 4.47 Å². The number of nitrogens with two attached hydrogens (primary N) is 1. The highest BCUT2D eigenvalue weighted by Gasteiger charge is 2.21. The Balaban J connectivity index is 2.22. The van der Waals surface area contributed by atoms with Crippen LogP contribution >= 0.6 is 38.9 Å². The van der Waals surface area contributed by atoms with E-state index in [4.69, 9.17) is 21.9 Å². The molecule has 0 saturated heterocycles. The van der Waals surface area contributed by atoms with Crippen LogP contribution in [0.2, 0.25) is 5.02 Å². The van der Waals surface area contributed by atoms with Crippen LogP contribution in [0.3, 0.4) is 0 Å². The molecule has 3 nitrogen and oxygen atoms in total. The highest BCUT2D eigenvalue weighted by molar-refractivity contribution is 9.10. The van der Waals surface area contributed by atoms with Gasteiger partial charge < -0.3 is 10.3 Å². The molecule has 2 heterocycles. The Bertz CT molecular complexity index is 781. The van der Waals surface area contributed by atoms with Gasteiger partial charge in [0.25, 0.3) is 0 Å². The maximum atomic E-state index is 6.32. The van der Waals surface area contributed by atoms with Crippen molar-refractivity contribution in [1.29, 1.82) is 0 Å².